The van der Waals surface area contributed by atoms with Gasteiger partial charge in [-0.05, 0) is 29.3 Å². The summed E-state index contributed by atoms with van der Waals surface area (Å²) in [5.41, 5.74) is 8.01. The molecule has 21 heavy (non-hydrogen) atoms. The zero-order chi connectivity index (χ0) is 15.2. The van der Waals surface area contributed by atoms with Crippen LogP contribution in [0.3, 0.4) is 0 Å². The van der Waals surface area contributed by atoms with Gasteiger partial charge in [-0.25, -0.2) is 0 Å². The normalized spacial score (nSPS) is 11.6. The number of hydrogen-bond donors (Lipinski definition) is 2. The van der Waals surface area contributed by atoms with Crippen LogP contribution in [0.5, 0.6) is 0 Å². The van der Waals surface area contributed by atoms with Crippen molar-refractivity contribution < 1.29 is 9.94 Å². The average Bonchev–Trinajstić information content (AvgIpc) is 2.50. The van der Waals surface area contributed by atoms with Crippen molar-refractivity contribution in [1.82, 2.24) is 0 Å². The second kappa shape index (κ2) is 7.45. The third-order valence-corrected chi connectivity index (χ3v) is 3.78. The summed E-state index contributed by atoms with van der Waals surface area (Å²) in [5.74, 6) is 0.0271. The summed E-state index contributed by atoms with van der Waals surface area (Å²) < 4.78 is 6.68. The van der Waals surface area contributed by atoms with Gasteiger partial charge in [-0.3, -0.25) is 0 Å². The van der Waals surface area contributed by atoms with Crippen molar-refractivity contribution in [3.05, 3.63) is 68.7 Å². The van der Waals surface area contributed by atoms with E-state index in [2.05, 4.69) is 21.1 Å². The number of nitrogens with two attached hydrogens (primary N) is 1. The van der Waals surface area contributed by atoms with E-state index in [4.69, 9.17) is 27.3 Å². The van der Waals surface area contributed by atoms with E-state index >= 15 is 0 Å². The molecule has 0 heterocycles. The van der Waals surface area contributed by atoms with E-state index < -0.39 is 0 Å². The van der Waals surface area contributed by atoms with Crippen LogP contribution in [-0.4, -0.2) is 11.0 Å². The lowest BCUT2D eigenvalue weighted by atomic mass is 10.1. The highest BCUT2D eigenvalue weighted by Gasteiger charge is 2.05. The van der Waals surface area contributed by atoms with Crippen LogP contribution in [0.2, 0.25) is 5.02 Å². The zero-order valence-corrected chi connectivity index (χ0v) is 13.4. The molecule has 0 amide bonds. The van der Waals surface area contributed by atoms with Crippen molar-refractivity contribution in [3.8, 4) is 0 Å². The van der Waals surface area contributed by atoms with Crippen LogP contribution < -0.4 is 5.73 Å². The summed E-state index contributed by atoms with van der Waals surface area (Å²) in [6.07, 6.45) is 0. The van der Waals surface area contributed by atoms with E-state index in [-0.39, 0.29) is 5.84 Å². The maximum absolute atomic E-state index is 8.63. The van der Waals surface area contributed by atoms with Gasteiger partial charge in [0.15, 0.2) is 5.84 Å². The van der Waals surface area contributed by atoms with Crippen molar-refractivity contribution in [2.75, 3.05) is 0 Å². The van der Waals surface area contributed by atoms with E-state index in [9.17, 15) is 0 Å². The van der Waals surface area contributed by atoms with Crippen LogP contribution in [0.15, 0.2) is 52.1 Å². The fourth-order valence-electron chi connectivity index (χ4n) is 1.74. The highest BCUT2D eigenvalue weighted by Crippen LogP contribution is 2.19. The molecule has 0 radical (unpaired) electrons. The minimum Gasteiger partial charge on any atom is -0.409 e. The number of hydrogen-bond acceptors (Lipinski definition) is 3. The summed E-state index contributed by atoms with van der Waals surface area (Å²) in [6, 6.07) is 13.1. The standard InChI is InChI=1S/C15H14BrClN2O2/c16-13-5-1-10(2-6-13)8-21-9-12-4-3-11(7-14(12)17)15(18)19-20/h1-7,20H,8-9H2,(H2,18,19). The lowest BCUT2D eigenvalue weighted by Crippen LogP contribution is -2.13. The molecule has 2 aromatic rings. The molecule has 0 aliphatic carbocycles. The quantitative estimate of drug-likeness (QED) is 0.363. The van der Waals surface area contributed by atoms with Crippen molar-refractivity contribution >= 4 is 33.4 Å². The first kappa shape index (κ1) is 15.8. The molecule has 2 rings (SSSR count). The molecule has 0 saturated heterocycles. The molecule has 0 unspecified atom stereocenters. The van der Waals surface area contributed by atoms with Crippen molar-refractivity contribution in [2.45, 2.75) is 13.2 Å². The maximum atomic E-state index is 8.63. The molecular weight excluding hydrogens is 356 g/mol. The minimum atomic E-state index is 0.0271. The number of nitrogens with zero attached hydrogens (tertiary/aromatic N) is 1. The highest BCUT2D eigenvalue weighted by atomic mass is 79.9. The van der Waals surface area contributed by atoms with Crippen LogP contribution in [0.1, 0.15) is 16.7 Å². The number of benzene rings is 2. The Bertz CT molecular complexity index is 645. The van der Waals surface area contributed by atoms with Gasteiger partial charge < -0.3 is 15.7 Å². The largest absolute Gasteiger partial charge is 0.409 e. The fourth-order valence-corrected chi connectivity index (χ4v) is 2.24. The maximum Gasteiger partial charge on any atom is 0.170 e. The Hall–Kier alpha value is -1.56. The Morgan fingerprint density at radius 3 is 2.52 bits per heavy atom. The number of oxime groups is 1. The molecule has 0 aromatic heterocycles. The Balaban J connectivity index is 1.96. The first-order valence-corrected chi connectivity index (χ1v) is 7.36. The molecule has 0 fully saturated rings. The summed E-state index contributed by atoms with van der Waals surface area (Å²) in [5, 5.41) is 12.1. The molecule has 0 saturated carbocycles. The monoisotopic (exact) mass is 368 g/mol. The van der Waals surface area contributed by atoms with E-state index in [1.54, 1.807) is 18.2 Å². The SMILES string of the molecule is N/C(=N/O)c1ccc(COCc2ccc(Br)cc2)c(Cl)c1. The van der Waals surface area contributed by atoms with Crippen molar-refractivity contribution in [2.24, 2.45) is 10.9 Å². The topological polar surface area (TPSA) is 67.8 Å². The molecule has 0 aliphatic rings. The summed E-state index contributed by atoms with van der Waals surface area (Å²) >= 11 is 9.54. The molecule has 0 aliphatic heterocycles. The zero-order valence-electron chi connectivity index (χ0n) is 11.1. The Kier molecular flexibility index (Phi) is 5.61. The van der Waals surface area contributed by atoms with Crippen LogP contribution in [-0.2, 0) is 18.0 Å². The number of amidine groups is 1. The lowest BCUT2D eigenvalue weighted by Gasteiger charge is -2.08. The van der Waals surface area contributed by atoms with Gasteiger partial charge in [0, 0.05) is 15.1 Å². The van der Waals surface area contributed by atoms with Crippen LogP contribution >= 0.6 is 27.5 Å². The van der Waals surface area contributed by atoms with E-state index in [0.717, 1.165) is 15.6 Å². The number of ether oxygens (including phenoxy) is 1. The van der Waals surface area contributed by atoms with Crippen molar-refractivity contribution in [3.63, 3.8) is 0 Å². The first-order chi connectivity index (χ1) is 10.1. The van der Waals surface area contributed by atoms with Gasteiger partial charge >= 0.3 is 0 Å². The van der Waals surface area contributed by atoms with Gasteiger partial charge in [-0.2, -0.15) is 0 Å². The van der Waals surface area contributed by atoms with Gasteiger partial charge in [0.2, 0.25) is 0 Å². The molecule has 6 heteroatoms. The van der Waals surface area contributed by atoms with Gasteiger partial charge in [-0.15, -0.1) is 0 Å². The number of rotatable bonds is 5. The number of halogens is 2. The average molecular weight is 370 g/mol. The molecular formula is C15H14BrClN2O2. The molecule has 110 valence electrons. The molecule has 0 spiro atoms. The van der Waals surface area contributed by atoms with Crippen molar-refractivity contribution in [1.29, 1.82) is 0 Å². The minimum absolute atomic E-state index is 0.0271. The third kappa shape index (κ3) is 4.46. The van der Waals surface area contributed by atoms with Crippen LogP contribution in [0.4, 0.5) is 0 Å². The van der Waals surface area contributed by atoms with E-state index in [0.29, 0.717) is 23.8 Å². The Morgan fingerprint density at radius 1 is 1.19 bits per heavy atom. The molecule has 0 bridgehead atoms. The summed E-state index contributed by atoms with van der Waals surface area (Å²) in [4.78, 5) is 0. The Labute approximate surface area is 136 Å². The second-order valence-corrected chi connectivity index (χ2v) is 5.73. The smallest absolute Gasteiger partial charge is 0.170 e. The van der Waals surface area contributed by atoms with Gasteiger partial charge in [0.1, 0.15) is 0 Å². The van der Waals surface area contributed by atoms with Gasteiger partial charge in [0.25, 0.3) is 0 Å². The van der Waals surface area contributed by atoms with Crippen LogP contribution in [0, 0.1) is 0 Å². The fraction of sp³-hybridized carbons (Fsp3) is 0.133. The molecule has 4 nitrogen and oxygen atoms in total. The molecule has 0 atom stereocenters. The highest BCUT2D eigenvalue weighted by molar-refractivity contribution is 9.10. The summed E-state index contributed by atoms with van der Waals surface area (Å²) in [6.45, 7) is 0.900. The lowest BCUT2D eigenvalue weighted by molar-refractivity contribution is 0.107. The van der Waals surface area contributed by atoms with Gasteiger partial charge in [-0.1, -0.05) is 57.0 Å². The predicted molar refractivity (Wildman–Crippen MR) is 86.6 cm³/mol. The predicted octanol–water partition coefficient (Wildman–Crippen LogP) is 3.91. The molecule has 3 N–H and O–H groups in total. The summed E-state index contributed by atoms with van der Waals surface area (Å²) in [7, 11) is 0. The van der Waals surface area contributed by atoms with Gasteiger partial charge in [0.05, 0.1) is 13.2 Å². The second-order valence-electron chi connectivity index (χ2n) is 4.41. The van der Waals surface area contributed by atoms with Crippen LogP contribution in [0.25, 0.3) is 0 Å². The first-order valence-electron chi connectivity index (χ1n) is 6.18. The van der Waals surface area contributed by atoms with E-state index in [1.165, 1.54) is 0 Å². The third-order valence-electron chi connectivity index (χ3n) is 2.90. The van der Waals surface area contributed by atoms with E-state index in [1.807, 2.05) is 24.3 Å². The molecule has 2 aromatic carbocycles. The Morgan fingerprint density at radius 2 is 1.90 bits per heavy atom.